The van der Waals surface area contributed by atoms with E-state index in [1.54, 1.807) is 0 Å². The summed E-state index contributed by atoms with van der Waals surface area (Å²) in [5, 5.41) is 0.116. The Bertz CT molecular complexity index is 1050. The van der Waals surface area contributed by atoms with Crippen LogP contribution in [0.5, 0.6) is 0 Å². The van der Waals surface area contributed by atoms with Crippen LogP contribution in [-0.4, -0.2) is 39.4 Å². The molecule has 2 bridgehead atoms. The lowest BCUT2D eigenvalue weighted by Crippen LogP contribution is -2.43. The first-order chi connectivity index (χ1) is 15.2. The van der Waals surface area contributed by atoms with E-state index in [0.717, 1.165) is 17.0 Å². The van der Waals surface area contributed by atoms with Gasteiger partial charge in [-0.05, 0) is 43.4 Å². The highest BCUT2D eigenvalue weighted by Gasteiger charge is 2.73. The van der Waals surface area contributed by atoms with Crippen LogP contribution >= 0.6 is 0 Å². The van der Waals surface area contributed by atoms with E-state index in [-0.39, 0.29) is 10.7 Å². The molecule has 1 aromatic rings. The quantitative estimate of drug-likeness (QED) is 0.271. The minimum atomic E-state index is -4.78. The Morgan fingerprint density at radius 3 is 2.48 bits per heavy atom. The van der Waals surface area contributed by atoms with Gasteiger partial charge in [-0.25, -0.2) is 9.74 Å². The molecule has 10 heteroatoms. The van der Waals surface area contributed by atoms with Gasteiger partial charge in [0, 0.05) is 12.3 Å². The fraction of sp³-hybridized carbons (Fsp3) is 0.609. The SMILES string of the molecule is [C-]#[N+]c1ccc(N2C(=O)[C@@H]3[C@H](C2=O)C2(C)CCC3(CCO[SiH2]C(C)(C)C)O2)cc1C(F)(F)F. The van der Waals surface area contributed by atoms with Crippen molar-refractivity contribution in [3.63, 3.8) is 0 Å². The van der Waals surface area contributed by atoms with Gasteiger partial charge in [0.05, 0.1) is 35.2 Å². The third kappa shape index (κ3) is 3.90. The van der Waals surface area contributed by atoms with Gasteiger partial charge in [-0.3, -0.25) is 9.59 Å². The maximum atomic E-state index is 13.5. The molecule has 6 nitrogen and oxygen atoms in total. The molecule has 1 aromatic carbocycles. The lowest BCUT2D eigenvalue weighted by atomic mass is 9.67. The van der Waals surface area contributed by atoms with Crippen molar-refractivity contribution in [2.45, 2.75) is 69.4 Å². The van der Waals surface area contributed by atoms with Gasteiger partial charge in [0.1, 0.15) is 0 Å². The topological polar surface area (TPSA) is 60.2 Å². The van der Waals surface area contributed by atoms with Crippen LogP contribution in [0.15, 0.2) is 18.2 Å². The van der Waals surface area contributed by atoms with E-state index in [0.29, 0.717) is 25.9 Å². The summed E-state index contributed by atoms with van der Waals surface area (Å²) in [6, 6.07) is 2.96. The van der Waals surface area contributed by atoms with Crippen LogP contribution in [0.25, 0.3) is 4.85 Å². The Hall–Kier alpha value is -2.22. The zero-order valence-corrected chi connectivity index (χ0v) is 20.5. The van der Waals surface area contributed by atoms with Crippen LogP contribution < -0.4 is 4.90 Å². The van der Waals surface area contributed by atoms with Crippen LogP contribution in [0.2, 0.25) is 5.04 Å². The van der Waals surface area contributed by atoms with E-state index in [1.165, 1.54) is 6.07 Å². The number of halogens is 3. The average molecular weight is 481 g/mol. The van der Waals surface area contributed by atoms with Crippen molar-refractivity contribution in [1.29, 1.82) is 0 Å². The number of rotatable bonds is 5. The summed E-state index contributed by atoms with van der Waals surface area (Å²) in [5.41, 5.74) is -3.58. The summed E-state index contributed by atoms with van der Waals surface area (Å²) in [7, 11) is -0.792. The number of alkyl halides is 3. The minimum absolute atomic E-state index is 0.116. The van der Waals surface area contributed by atoms with E-state index in [2.05, 4.69) is 25.6 Å². The highest BCUT2D eigenvalue weighted by molar-refractivity contribution is 6.31. The van der Waals surface area contributed by atoms with Gasteiger partial charge in [0.25, 0.3) is 0 Å². The molecule has 2 unspecified atom stereocenters. The van der Waals surface area contributed by atoms with Crippen LogP contribution in [0, 0.1) is 18.4 Å². The zero-order chi connectivity index (χ0) is 24.4. The van der Waals surface area contributed by atoms with Crippen molar-refractivity contribution >= 4 is 33.0 Å². The molecule has 3 heterocycles. The first-order valence-electron chi connectivity index (χ1n) is 11.0. The van der Waals surface area contributed by atoms with Gasteiger partial charge in [0.2, 0.25) is 11.8 Å². The third-order valence-electron chi connectivity index (χ3n) is 6.88. The molecule has 0 radical (unpaired) electrons. The van der Waals surface area contributed by atoms with E-state index in [4.69, 9.17) is 15.7 Å². The predicted molar refractivity (Wildman–Crippen MR) is 117 cm³/mol. The van der Waals surface area contributed by atoms with Gasteiger partial charge >= 0.3 is 6.18 Å². The van der Waals surface area contributed by atoms with Crippen molar-refractivity contribution in [3.8, 4) is 0 Å². The number of carbonyl (C=O) groups is 2. The second kappa shape index (κ2) is 7.65. The summed E-state index contributed by atoms with van der Waals surface area (Å²) in [6.07, 6.45) is -3.12. The molecule has 33 heavy (non-hydrogen) atoms. The molecule has 4 atom stereocenters. The molecule has 4 rings (SSSR count). The molecule has 3 saturated heterocycles. The molecule has 3 aliphatic heterocycles. The smallest absolute Gasteiger partial charge is 0.407 e. The van der Waals surface area contributed by atoms with Crippen molar-refractivity contribution in [2.24, 2.45) is 11.8 Å². The molecular weight excluding hydrogens is 453 g/mol. The fourth-order valence-electron chi connectivity index (χ4n) is 5.48. The highest BCUT2D eigenvalue weighted by atomic mass is 28.2. The standard InChI is InChI=1S/C23H27F3N2O4Si/c1-20(2,3)33-31-11-10-22-9-8-21(4,32-22)16-17(22)19(30)28(18(16)29)13-6-7-15(27-5)14(12-13)23(24,25)26/h6-7,12,16-17H,8-11,33H2,1-4H3/t16-,17+,21?,22?/m1/s1. The second-order valence-corrected chi connectivity index (χ2v) is 13.4. The first-order valence-corrected chi connectivity index (χ1v) is 12.3. The molecule has 0 aromatic heterocycles. The summed E-state index contributed by atoms with van der Waals surface area (Å²) in [5.74, 6) is -2.57. The summed E-state index contributed by atoms with van der Waals surface area (Å²) in [6.45, 7) is 15.6. The number of benzene rings is 1. The number of nitrogens with zero attached hydrogens (tertiary/aromatic N) is 2. The number of ether oxygens (including phenoxy) is 1. The van der Waals surface area contributed by atoms with Crippen LogP contribution in [0.4, 0.5) is 24.5 Å². The molecule has 2 amide bonds. The maximum absolute atomic E-state index is 13.5. The number of hydrogen-bond donors (Lipinski definition) is 0. The number of hydrogen-bond acceptors (Lipinski definition) is 4. The Labute approximate surface area is 193 Å². The summed E-state index contributed by atoms with van der Waals surface area (Å²) in [4.78, 5) is 30.7. The molecule has 0 spiro atoms. The largest absolute Gasteiger partial charge is 0.423 e. The van der Waals surface area contributed by atoms with Crippen LogP contribution in [0.3, 0.4) is 0 Å². The lowest BCUT2D eigenvalue weighted by molar-refractivity contribution is -0.137. The summed E-state index contributed by atoms with van der Waals surface area (Å²) >= 11 is 0. The van der Waals surface area contributed by atoms with E-state index >= 15 is 0 Å². The minimum Gasteiger partial charge on any atom is -0.423 e. The monoisotopic (exact) mass is 480 g/mol. The van der Waals surface area contributed by atoms with E-state index in [9.17, 15) is 22.8 Å². The normalized spacial score (nSPS) is 31.6. The maximum Gasteiger partial charge on any atom is 0.407 e. The van der Waals surface area contributed by atoms with Crippen molar-refractivity contribution in [1.82, 2.24) is 0 Å². The fourth-order valence-corrected chi connectivity index (χ4v) is 6.38. The zero-order valence-electron chi connectivity index (χ0n) is 19.1. The first kappa shape index (κ1) is 23.9. The Balaban J connectivity index is 1.64. The Kier molecular flexibility index (Phi) is 5.54. The van der Waals surface area contributed by atoms with Gasteiger partial charge in [-0.15, -0.1) is 0 Å². The van der Waals surface area contributed by atoms with Crippen LogP contribution in [0.1, 0.15) is 52.5 Å². The summed E-state index contributed by atoms with van der Waals surface area (Å²) < 4.78 is 52.7. The van der Waals surface area contributed by atoms with Gasteiger partial charge in [-0.2, -0.15) is 13.2 Å². The number of imide groups is 1. The number of carbonyl (C=O) groups excluding carboxylic acids is 2. The molecule has 0 aliphatic carbocycles. The number of amides is 2. The molecule has 3 aliphatic rings. The lowest BCUT2D eigenvalue weighted by Gasteiger charge is -2.31. The van der Waals surface area contributed by atoms with Crippen molar-refractivity contribution < 1.29 is 31.9 Å². The molecule has 0 N–H and O–H groups in total. The van der Waals surface area contributed by atoms with E-state index < -0.39 is 62.0 Å². The second-order valence-electron chi connectivity index (χ2n) is 10.6. The van der Waals surface area contributed by atoms with Gasteiger partial charge in [-0.1, -0.05) is 26.8 Å². The third-order valence-corrected chi connectivity index (χ3v) is 8.24. The van der Waals surface area contributed by atoms with Crippen LogP contribution in [-0.2, 0) is 24.9 Å². The Morgan fingerprint density at radius 2 is 1.88 bits per heavy atom. The van der Waals surface area contributed by atoms with Crippen molar-refractivity contribution in [2.75, 3.05) is 11.5 Å². The average Bonchev–Trinajstić information content (AvgIpc) is 3.28. The predicted octanol–water partition coefficient (Wildman–Crippen LogP) is 4.39. The number of fused-ring (bicyclic) bond motifs is 5. The molecule has 178 valence electrons. The molecule has 0 saturated carbocycles. The Morgan fingerprint density at radius 1 is 1.21 bits per heavy atom. The molecule has 3 fully saturated rings. The van der Waals surface area contributed by atoms with Gasteiger partial charge < -0.3 is 9.16 Å². The van der Waals surface area contributed by atoms with E-state index in [1.807, 2.05) is 6.92 Å². The number of anilines is 1. The highest BCUT2D eigenvalue weighted by Crippen LogP contribution is 2.62. The van der Waals surface area contributed by atoms with Gasteiger partial charge in [0.15, 0.2) is 15.5 Å². The molecular formula is C23H27F3N2O4Si. The van der Waals surface area contributed by atoms with Crippen molar-refractivity contribution in [3.05, 3.63) is 35.2 Å².